The second-order valence-electron chi connectivity index (χ2n) is 3.70. The number of aliphatic carboxylic acids is 1. The first-order valence-electron chi connectivity index (χ1n) is 5.31. The summed E-state index contributed by atoms with van der Waals surface area (Å²) in [6, 6.07) is 7.03. The molecule has 1 rings (SSSR count). The molecular weight excluding hydrogens is 240 g/mol. The number of hydrogen-bond acceptors (Lipinski definition) is 3. The summed E-state index contributed by atoms with van der Waals surface area (Å²) in [5.74, 6) is 0.420. The Morgan fingerprint density at radius 3 is 2.88 bits per heavy atom. The Balaban J connectivity index is 2.42. The van der Waals surface area contributed by atoms with Gasteiger partial charge in [0.1, 0.15) is 5.75 Å². The predicted molar refractivity (Wildman–Crippen MR) is 66.8 cm³/mol. The van der Waals surface area contributed by atoms with Gasteiger partial charge < -0.3 is 9.84 Å². The van der Waals surface area contributed by atoms with E-state index < -0.39 is 16.8 Å². The Hall–Kier alpha value is -1.36. The van der Waals surface area contributed by atoms with E-state index in [9.17, 15) is 9.00 Å². The highest BCUT2D eigenvalue weighted by molar-refractivity contribution is 7.84. The van der Waals surface area contributed by atoms with Crippen molar-refractivity contribution in [2.75, 3.05) is 18.6 Å². The van der Waals surface area contributed by atoms with Crippen LogP contribution in [0, 0.1) is 0 Å². The van der Waals surface area contributed by atoms with Gasteiger partial charge in [-0.1, -0.05) is 12.1 Å². The predicted octanol–water partition coefficient (Wildman–Crippen LogP) is 1.46. The highest BCUT2D eigenvalue weighted by atomic mass is 32.2. The Morgan fingerprint density at radius 2 is 2.24 bits per heavy atom. The third kappa shape index (κ3) is 6.06. The summed E-state index contributed by atoms with van der Waals surface area (Å²) in [5.41, 5.74) is 0.717. The van der Waals surface area contributed by atoms with Gasteiger partial charge in [0.15, 0.2) is 0 Å². The number of rotatable bonds is 7. The average molecular weight is 256 g/mol. The van der Waals surface area contributed by atoms with Gasteiger partial charge >= 0.3 is 5.97 Å². The topological polar surface area (TPSA) is 63.6 Å². The third-order valence-corrected chi connectivity index (χ3v) is 2.96. The number of carbonyl (C=O) groups is 1. The standard InChI is InChI=1S/C12H16O4S/c1-17(15)7-3-6-16-11-5-2-4-10(8-11)9-12(13)14/h2,4-5,8H,3,6-7,9H2,1H3,(H,13,14). The van der Waals surface area contributed by atoms with Crippen LogP contribution < -0.4 is 4.74 Å². The molecule has 1 aromatic rings. The van der Waals surface area contributed by atoms with Gasteiger partial charge in [0, 0.05) is 22.8 Å². The molecule has 0 radical (unpaired) electrons. The van der Waals surface area contributed by atoms with E-state index in [0.717, 1.165) is 6.42 Å². The molecule has 0 aromatic heterocycles. The van der Waals surface area contributed by atoms with Crippen molar-refractivity contribution in [1.29, 1.82) is 0 Å². The van der Waals surface area contributed by atoms with Crippen LogP contribution in [0.25, 0.3) is 0 Å². The lowest BCUT2D eigenvalue weighted by molar-refractivity contribution is -0.136. The van der Waals surface area contributed by atoms with Gasteiger partial charge in [-0.25, -0.2) is 0 Å². The SMILES string of the molecule is CS(=O)CCCOc1cccc(CC(=O)O)c1. The Labute approximate surface area is 103 Å². The van der Waals surface area contributed by atoms with Crippen molar-refractivity contribution in [3.8, 4) is 5.75 Å². The first kappa shape index (κ1) is 13.7. The lowest BCUT2D eigenvalue weighted by Crippen LogP contribution is -2.04. The molecule has 0 aliphatic heterocycles. The Morgan fingerprint density at radius 1 is 1.47 bits per heavy atom. The van der Waals surface area contributed by atoms with E-state index in [-0.39, 0.29) is 6.42 Å². The average Bonchev–Trinajstić information content (AvgIpc) is 2.24. The molecule has 1 aromatic carbocycles. The highest BCUT2D eigenvalue weighted by Crippen LogP contribution is 2.14. The quantitative estimate of drug-likeness (QED) is 0.750. The second-order valence-corrected chi connectivity index (χ2v) is 5.25. The van der Waals surface area contributed by atoms with Crippen molar-refractivity contribution in [3.63, 3.8) is 0 Å². The van der Waals surface area contributed by atoms with E-state index in [0.29, 0.717) is 23.7 Å². The van der Waals surface area contributed by atoms with Crippen LogP contribution in [0.3, 0.4) is 0 Å². The minimum atomic E-state index is -0.858. The molecule has 17 heavy (non-hydrogen) atoms. The number of ether oxygens (including phenoxy) is 1. The molecule has 0 heterocycles. The summed E-state index contributed by atoms with van der Waals surface area (Å²) < 4.78 is 16.3. The zero-order chi connectivity index (χ0) is 12.7. The fourth-order valence-corrected chi connectivity index (χ4v) is 1.90. The third-order valence-electron chi connectivity index (χ3n) is 2.10. The van der Waals surface area contributed by atoms with Crippen LogP contribution >= 0.6 is 0 Å². The zero-order valence-electron chi connectivity index (χ0n) is 9.72. The second kappa shape index (κ2) is 7.06. The monoisotopic (exact) mass is 256 g/mol. The van der Waals surface area contributed by atoms with E-state index in [4.69, 9.17) is 9.84 Å². The maximum atomic E-state index is 10.8. The molecule has 0 spiro atoms. The van der Waals surface area contributed by atoms with Crippen molar-refractivity contribution in [3.05, 3.63) is 29.8 Å². The molecule has 4 nitrogen and oxygen atoms in total. The first-order chi connectivity index (χ1) is 8.08. The number of hydrogen-bond donors (Lipinski definition) is 1. The number of carboxylic acids is 1. The summed E-state index contributed by atoms with van der Waals surface area (Å²) in [5, 5.41) is 8.66. The molecule has 0 amide bonds. The first-order valence-corrected chi connectivity index (χ1v) is 7.04. The molecular formula is C12H16O4S. The molecule has 94 valence electrons. The summed E-state index contributed by atoms with van der Waals surface area (Å²) >= 11 is 0. The molecule has 1 unspecified atom stereocenters. The Bertz CT molecular complexity index is 403. The minimum absolute atomic E-state index is 0.00379. The summed E-state index contributed by atoms with van der Waals surface area (Å²) in [6.45, 7) is 0.496. The minimum Gasteiger partial charge on any atom is -0.494 e. The zero-order valence-corrected chi connectivity index (χ0v) is 10.5. The van der Waals surface area contributed by atoms with Gasteiger partial charge in [0.2, 0.25) is 0 Å². The van der Waals surface area contributed by atoms with Crippen molar-refractivity contribution < 1.29 is 18.8 Å². The number of carboxylic acid groups (broad SMARTS) is 1. The number of benzene rings is 1. The molecule has 0 bridgehead atoms. The normalized spacial score (nSPS) is 12.1. The lowest BCUT2D eigenvalue weighted by Gasteiger charge is -2.06. The van der Waals surface area contributed by atoms with Crippen LogP contribution in [0.4, 0.5) is 0 Å². The molecule has 5 heteroatoms. The maximum Gasteiger partial charge on any atom is 0.307 e. The molecule has 0 saturated heterocycles. The van der Waals surface area contributed by atoms with E-state index in [1.807, 2.05) is 0 Å². The van der Waals surface area contributed by atoms with Gasteiger partial charge in [-0.2, -0.15) is 0 Å². The van der Waals surface area contributed by atoms with Gasteiger partial charge in [-0.15, -0.1) is 0 Å². The van der Waals surface area contributed by atoms with Crippen LogP contribution in [0.5, 0.6) is 5.75 Å². The van der Waals surface area contributed by atoms with Gasteiger partial charge in [0.05, 0.1) is 13.0 Å². The fraction of sp³-hybridized carbons (Fsp3) is 0.417. The van der Waals surface area contributed by atoms with Gasteiger partial charge in [0.25, 0.3) is 0 Å². The van der Waals surface area contributed by atoms with E-state index >= 15 is 0 Å². The summed E-state index contributed by atoms with van der Waals surface area (Å²) in [6.07, 6.45) is 2.38. The molecule has 0 aliphatic carbocycles. The molecule has 1 atom stereocenters. The summed E-state index contributed by atoms with van der Waals surface area (Å²) in [7, 11) is -0.793. The van der Waals surface area contributed by atoms with Crippen LogP contribution in [-0.2, 0) is 22.0 Å². The fourth-order valence-electron chi connectivity index (χ4n) is 1.37. The maximum absolute atomic E-state index is 10.8. The van der Waals surface area contributed by atoms with Crippen LogP contribution in [0.1, 0.15) is 12.0 Å². The largest absolute Gasteiger partial charge is 0.494 e. The molecule has 0 saturated carbocycles. The smallest absolute Gasteiger partial charge is 0.307 e. The molecule has 0 aliphatic rings. The summed E-state index contributed by atoms with van der Waals surface area (Å²) in [4.78, 5) is 10.5. The highest BCUT2D eigenvalue weighted by Gasteiger charge is 2.02. The van der Waals surface area contributed by atoms with Crippen molar-refractivity contribution in [1.82, 2.24) is 0 Å². The van der Waals surface area contributed by atoms with Crippen molar-refractivity contribution >= 4 is 16.8 Å². The molecule has 1 N–H and O–H groups in total. The van der Waals surface area contributed by atoms with E-state index in [1.54, 1.807) is 30.5 Å². The van der Waals surface area contributed by atoms with Crippen molar-refractivity contribution in [2.24, 2.45) is 0 Å². The van der Waals surface area contributed by atoms with Gasteiger partial charge in [-0.05, 0) is 24.1 Å². The van der Waals surface area contributed by atoms with Gasteiger partial charge in [-0.3, -0.25) is 9.00 Å². The molecule has 0 fully saturated rings. The Kier molecular flexibility index (Phi) is 5.69. The van der Waals surface area contributed by atoms with Crippen LogP contribution in [0.15, 0.2) is 24.3 Å². The van der Waals surface area contributed by atoms with E-state index in [2.05, 4.69) is 0 Å². The van der Waals surface area contributed by atoms with Crippen LogP contribution in [0.2, 0.25) is 0 Å². The van der Waals surface area contributed by atoms with Crippen LogP contribution in [-0.4, -0.2) is 33.9 Å². The lowest BCUT2D eigenvalue weighted by atomic mass is 10.1. The van der Waals surface area contributed by atoms with E-state index in [1.165, 1.54) is 0 Å². The van der Waals surface area contributed by atoms with Crippen molar-refractivity contribution in [2.45, 2.75) is 12.8 Å².